The van der Waals surface area contributed by atoms with Crippen LogP contribution in [0.15, 0.2) is 48.5 Å². The van der Waals surface area contributed by atoms with Gasteiger partial charge >= 0.3 is 0 Å². The number of rotatable bonds is 4. The van der Waals surface area contributed by atoms with Crippen LogP contribution in [-0.2, 0) is 13.1 Å². The summed E-state index contributed by atoms with van der Waals surface area (Å²) in [7, 11) is 2.07. The fraction of sp³-hybridized carbons (Fsp3) is 0.200. The molecule has 0 aliphatic carbocycles. The minimum Gasteiger partial charge on any atom is -0.508 e. The summed E-state index contributed by atoms with van der Waals surface area (Å²) in [6.45, 7) is 1.73. The van der Waals surface area contributed by atoms with Crippen molar-refractivity contribution in [3.8, 4) is 5.75 Å². The average molecular weight is 242 g/mol. The van der Waals surface area contributed by atoms with Crippen LogP contribution >= 0.6 is 0 Å². The normalized spacial score (nSPS) is 10.8. The zero-order valence-electron chi connectivity index (χ0n) is 10.5. The highest BCUT2D eigenvalue weighted by molar-refractivity contribution is 5.39. The zero-order valence-corrected chi connectivity index (χ0v) is 10.5. The van der Waals surface area contributed by atoms with E-state index in [0.29, 0.717) is 5.75 Å². The summed E-state index contributed by atoms with van der Waals surface area (Å²) in [4.78, 5) is 2.22. The van der Waals surface area contributed by atoms with Crippen molar-refractivity contribution >= 4 is 5.69 Å². The number of phenolic OH excluding ortho intramolecular Hbond substituents is 1. The van der Waals surface area contributed by atoms with Crippen molar-refractivity contribution in [2.45, 2.75) is 13.1 Å². The molecule has 0 bridgehead atoms. The average Bonchev–Trinajstić information content (AvgIpc) is 2.35. The maximum atomic E-state index is 9.23. The van der Waals surface area contributed by atoms with E-state index < -0.39 is 0 Å². The van der Waals surface area contributed by atoms with Gasteiger partial charge in [-0.05, 0) is 42.4 Å². The number of nitrogens with zero attached hydrogens (tertiary/aromatic N) is 1. The minimum atomic E-state index is 0.305. The Morgan fingerprint density at radius 2 is 1.33 bits per heavy atom. The molecule has 2 aromatic carbocycles. The molecular formula is C15H18N2O. The first-order chi connectivity index (χ1) is 8.63. The van der Waals surface area contributed by atoms with Gasteiger partial charge in [-0.25, -0.2) is 0 Å². The van der Waals surface area contributed by atoms with Gasteiger partial charge in [0, 0.05) is 18.8 Å². The van der Waals surface area contributed by atoms with Gasteiger partial charge in [0.15, 0.2) is 0 Å². The highest BCUT2D eigenvalue weighted by Crippen LogP contribution is 2.13. The lowest BCUT2D eigenvalue weighted by Gasteiger charge is -2.17. The van der Waals surface area contributed by atoms with Gasteiger partial charge in [0.25, 0.3) is 0 Å². The van der Waals surface area contributed by atoms with Crippen LogP contribution in [0.4, 0.5) is 5.69 Å². The van der Waals surface area contributed by atoms with E-state index in [1.807, 2.05) is 36.4 Å². The molecule has 0 amide bonds. The van der Waals surface area contributed by atoms with E-state index in [1.165, 1.54) is 11.1 Å². The number of aromatic hydroxyl groups is 1. The number of hydrogen-bond donors (Lipinski definition) is 2. The zero-order chi connectivity index (χ0) is 13.0. The molecule has 18 heavy (non-hydrogen) atoms. The molecule has 0 fully saturated rings. The second kappa shape index (κ2) is 5.56. The Morgan fingerprint density at radius 1 is 0.889 bits per heavy atom. The number of anilines is 1. The molecule has 3 N–H and O–H groups in total. The fourth-order valence-electron chi connectivity index (χ4n) is 1.90. The van der Waals surface area contributed by atoms with Gasteiger partial charge in [-0.15, -0.1) is 0 Å². The van der Waals surface area contributed by atoms with Crippen molar-refractivity contribution in [3.63, 3.8) is 0 Å². The van der Waals surface area contributed by atoms with Gasteiger partial charge in [-0.1, -0.05) is 24.3 Å². The topological polar surface area (TPSA) is 49.5 Å². The molecule has 0 spiro atoms. The summed E-state index contributed by atoms with van der Waals surface area (Å²) in [6, 6.07) is 15.2. The molecule has 94 valence electrons. The van der Waals surface area contributed by atoms with Gasteiger partial charge in [0.05, 0.1) is 0 Å². The molecule has 2 aromatic rings. The molecule has 3 heteroatoms. The number of benzene rings is 2. The number of nitrogens with two attached hydrogens (primary N) is 1. The third kappa shape index (κ3) is 3.50. The van der Waals surface area contributed by atoms with Crippen LogP contribution in [0.3, 0.4) is 0 Å². The summed E-state index contributed by atoms with van der Waals surface area (Å²) in [5.74, 6) is 0.305. The Balaban J connectivity index is 1.94. The molecule has 0 unspecified atom stereocenters. The standard InChI is InChI=1S/C15H18N2O/c1-17(10-12-2-6-14(16)7-3-12)11-13-4-8-15(18)9-5-13/h2-9,18H,10-11,16H2,1H3. The third-order valence-corrected chi connectivity index (χ3v) is 2.82. The first-order valence-electron chi connectivity index (χ1n) is 5.94. The van der Waals surface area contributed by atoms with Crippen molar-refractivity contribution in [2.75, 3.05) is 12.8 Å². The molecule has 0 saturated heterocycles. The quantitative estimate of drug-likeness (QED) is 0.810. The molecule has 0 radical (unpaired) electrons. The predicted octanol–water partition coefficient (Wildman–Crippen LogP) is 2.61. The van der Waals surface area contributed by atoms with Crippen LogP contribution in [0, 0.1) is 0 Å². The van der Waals surface area contributed by atoms with Gasteiger partial charge in [0.1, 0.15) is 5.75 Å². The van der Waals surface area contributed by atoms with Crippen LogP contribution in [0.5, 0.6) is 5.75 Å². The molecule has 0 aliphatic rings. The SMILES string of the molecule is CN(Cc1ccc(N)cc1)Cc1ccc(O)cc1. The Morgan fingerprint density at radius 3 is 1.83 bits per heavy atom. The third-order valence-electron chi connectivity index (χ3n) is 2.82. The van der Waals surface area contributed by atoms with E-state index >= 15 is 0 Å². The first kappa shape index (κ1) is 12.5. The minimum absolute atomic E-state index is 0.305. The molecule has 0 aliphatic heterocycles. The van der Waals surface area contributed by atoms with Crippen LogP contribution in [0.2, 0.25) is 0 Å². The Labute approximate surface area is 107 Å². The van der Waals surface area contributed by atoms with Gasteiger partial charge in [-0.3, -0.25) is 4.90 Å². The molecule has 0 atom stereocenters. The van der Waals surface area contributed by atoms with Crippen LogP contribution < -0.4 is 5.73 Å². The Bertz CT molecular complexity index is 443. The first-order valence-corrected chi connectivity index (χ1v) is 5.94. The maximum absolute atomic E-state index is 9.23. The highest BCUT2D eigenvalue weighted by atomic mass is 16.3. The number of nitrogen functional groups attached to an aromatic ring is 1. The van der Waals surface area contributed by atoms with E-state index in [-0.39, 0.29) is 0 Å². The fourth-order valence-corrected chi connectivity index (χ4v) is 1.90. The lowest BCUT2D eigenvalue weighted by atomic mass is 10.1. The number of phenols is 1. The summed E-state index contributed by atoms with van der Waals surface area (Å²) >= 11 is 0. The van der Waals surface area contributed by atoms with Gasteiger partial charge in [0.2, 0.25) is 0 Å². The maximum Gasteiger partial charge on any atom is 0.115 e. The van der Waals surface area contributed by atoms with Crippen LogP contribution in [-0.4, -0.2) is 17.1 Å². The van der Waals surface area contributed by atoms with E-state index in [4.69, 9.17) is 5.73 Å². The predicted molar refractivity (Wildman–Crippen MR) is 74.1 cm³/mol. The highest BCUT2D eigenvalue weighted by Gasteiger charge is 2.02. The van der Waals surface area contributed by atoms with Crippen molar-refractivity contribution < 1.29 is 5.11 Å². The summed E-state index contributed by atoms with van der Waals surface area (Å²) in [5.41, 5.74) is 8.88. The van der Waals surface area contributed by atoms with E-state index in [0.717, 1.165) is 18.8 Å². The largest absolute Gasteiger partial charge is 0.508 e. The summed E-state index contributed by atoms with van der Waals surface area (Å²) < 4.78 is 0. The lowest BCUT2D eigenvalue weighted by molar-refractivity contribution is 0.319. The second-order valence-corrected chi connectivity index (χ2v) is 4.58. The molecule has 0 saturated carbocycles. The summed E-state index contributed by atoms with van der Waals surface area (Å²) in [6.07, 6.45) is 0. The summed E-state index contributed by atoms with van der Waals surface area (Å²) in [5, 5.41) is 9.23. The molecule has 2 rings (SSSR count). The van der Waals surface area contributed by atoms with Crippen molar-refractivity contribution in [3.05, 3.63) is 59.7 Å². The van der Waals surface area contributed by atoms with Crippen molar-refractivity contribution in [1.29, 1.82) is 0 Å². The van der Waals surface area contributed by atoms with E-state index in [2.05, 4.69) is 11.9 Å². The monoisotopic (exact) mass is 242 g/mol. The number of hydrogen-bond acceptors (Lipinski definition) is 3. The Kier molecular flexibility index (Phi) is 3.85. The van der Waals surface area contributed by atoms with Gasteiger partial charge < -0.3 is 10.8 Å². The van der Waals surface area contributed by atoms with E-state index in [9.17, 15) is 5.11 Å². The smallest absolute Gasteiger partial charge is 0.115 e. The Hall–Kier alpha value is -2.00. The van der Waals surface area contributed by atoms with Crippen molar-refractivity contribution in [1.82, 2.24) is 4.90 Å². The van der Waals surface area contributed by atoms with Gasteiger partial charge in [-0.2, -0.15) is 0 Å². The van der Waals surface area contributed by atoms with Crippen molar-refractivity contribution in [2.24, 2.45) is 0 Å². The molecule has 3 nitrogen and oxygen atoms in total. The molecular weight excluding hydrogens is 224 g/mol. The molecule has 0 aromatic heterocycles. The molecule has 0 heterocycles. The van der Waals surface area contributed by atoms with Crippen LogP contribution in [0.1, 0.15) is 11.1 Å². The lowest BCUT2D eigenvalue weighted by Crippen LogP contribution is -2.17. The van der Waals surface area contributed by atoms with E-state index in [1.54, 1.807) is 12.1 Å². The van der Waals surface area contributed by atoms with Crippen LogP contribution in [0.25, 0.3) is 0 Å². The second-order valence-electron chi connectivity index (χ2n) is 4.58.